The second-order valence-electron chi connectivity index (χ2n) is 5.43. The van der Waals surface area contributed by atoms with E-state index < -0.39 is 11.5 Å². The number of aliphatic carboxylic acids is 1. The van der Waals surface area contributed by atoms with Crippen LogP contribution in [0.1, 0.15) is 26.7 Å². The van der Waals surface area contributed by atoms with Crippen LogP contribution in [-0.4, -0.2) is 33.4 Å². The molecule has 0 bridgehead atoms. The Balaban J connectivity index is 2.15. The summed E-state index contributed by atoms with van der Waals surface area (Å²) in [5, 5.41) is 14.2. The molecule has 1 aliphatic rings. The summed E-state index contributed by atoms with van der Waals surface area (Å²) in [7, 11) is 0. The molecule has 0 radical (unpaired) electrons. The van der Waals surface area contributed by atoms with Gasteiger partial charge in [-0.2, -0.15) is 0 Å². The monoisotopic (exact) mass is 314 g/mol. The van der Waals surface area contributed by atoms with Crippen molar-refractivity contribution in [1.29, 1.82) is 0 Å². The molecule has 110 valence electrons. The molecule has 1 aromatic heterocycles. The summed E-state index contributed by atoms with van der Waals surface area (Å²) in [6.45, 7) is 3.94. The number of carboxylic acids is 1. The van der Waals surface area contributed by atoms with E-state index in [2.05, 4.69) is 10.3 Å². The van der Waals surface area contributed by atoms with Crippen molar-refractivity contribution in [1.82, 2.24) is 10.3 Å². The molecule has 4 nitrogen and oxygen atoms in total. The SMILES string of the molecule is CC(C)NC(CSc1ncccc1Cl)(C(=O)O)C1CC1. The topological polar surface area (TPSA) is 62.2 Å². The van der Waals surface area contributed by atoms with Crippen molar-refractivity contribution in [2.75, 3.05) is 5.75 Å². The van der Waals surface area contributed by atoms with Crippen molar-refractivity contribution in [3.63, 3.8) is 0 Å². The van der Waals surface area contributed by atoms with Crippen LogP contribution < -0.4 is 5.32 Å². The molecule has 1 saturated carbocycles. The Labute approximate surface area is 128 Å². The summed E-state index contributed by atoms with van der Waals surface area (Å²) < 4.78 is 0. The van der Waals surface area contributed by atoms with E-state index in [1.807, 2.05) is 13.8 Å². The molecule has 6 heteroatoms. The maximum Gasteiger partial charge on any atom is 0.325 e. The zero-order valence-corrected chi connectivity index (χ0v) is 13.2. The number of hydrogen-bond acceptors (Lipinski definition) is 4. The minimum atomic E-state index is -0.889. The summed E-state index contributed by atoms with van der Waals surface area (Å²) in [5.41, 5.74) is -0.889. The fraction of sp³-hybridized carbons (Fsp3) is 0.571. The first kappa shape index (κ1) is 15.6. The van der Waals surface area contributed by atoms with E-state index in [-0.39, 0.29) is 12.0 Å². The third-order valence-electron chi connectivity index (χ3n) is 3.36. The lowest BCUT2D eigenvalue weighted by molar-refractivity contribution is -0.145. The van der Waals surface area contributed by atoms with Gasteiger partial charge in [0.2, 0.25) is 0 Å². The Morgan fingerprint density at radius 3 is 2.85 bits per heavy atom. The lowest BCUT2D eigenvalue weighted by atomic mass is 9.94. The fourth-order valence-electron chi connectivity index (χ4n) is 2.33. The van der Waals surface area contributed by atoms with Crippen LogP contribution in [0.5, 0.6) is 0 Å². The van der Waals surface area contributed by atoms with Crippen LogP contribution >= 0.6 is 23.4 Å². The van der Waals surface area contributed by atoms with Crippen molar-refractivity contribution < 1.29 is 9.90 Å². The van der Waals surface area contributed by atoms with Gasteiger partial charge in [0.25, 0.3) is 0 Å². The zero-order valence-electron chi connectivity index (χ0n) is 11.6. The van der Waals surface area contributed by atoms with Crippen LogP contribution in [0.15, 0.2) is 23.4 Å². The van der Waals surface area contributed by atoms with E-state index in [1.54, 1.807) is 18.3 Å². The first-order chi connectivity index (χ1) is 9.45. The van der Waals surface area contributed by atoms with Gasteiger partial charge in [0.1, 0.15) is 10.6 Å². The number of aromatic nitrogens is 1. The van der Waals surface area contributed by atoms with Crippen molar-refractivity contribution in [3.8, 4) is 0 Å². The van der Waals surface area contributed by atoms with Gasteiger partial charge in [0.15, 0.2) is 0 Å². The van der Waals surface area contributed by atoms with Crippen LogP contribution in [0, 0.1) is 5.92 Å². The van der Waals surface area contributed by atoms with Gasteiger partial charge in [0, 0.05) is 18.0 Å². The molecule has 1 atom stereocenters. The zero-order chi connectivity index (χ0) is 14.8. The molecule has 2 N–H and O–H groups in total. The summed E-state index contributed by atoms with van der Waals surface area (Å²) in [6.07, 6.45) is 3.59. The molecule has 1 heterocycles. The van der Waals surface area contributed by atoms with Crippen molar-refractivity contribution >= 4 is 29.3 Å². The Morgan fingerprint density at radius 1 is 1.65 bits per heavy atom. The van der Waals surface area contributed by atoms with E-state index >= 15 is 0 Å². The Bertz CT molecular complexity index is 494. The number of rotatable bonds is 7. The van der Waals surface area contributed by atoms with Gasteiger partial charge in [-0.3, -0.25) is 10.1 Å². The number of hydrogen-bond donors (Lipinski definition) is 2. The number of nitrogens with zero attached hydrogens (tertiary/aromatic N) is 1. The van der Waals surface area contributed by atoms with Gasteiger partial charge in [-0.05, 0) is 44.7 Å². The highest BCUT2D eigenvalue weighted by atomic mass is 35.5. The number of pyridine rings is 1. The molecule has 0 saturated heterocycles. The highest BCUT2D eigenvalue weighted by Crippen LogP contribution is 2.43. The molecular formula is C14H19ClN2O2S. The second kappa shape index (κ2) is 6.33. The van der Waals surface area contributed by atoms with E-state index in [9.17, 15) is 9.90 Å². The molecule has 0 aliphatic heterocycles. The minimum absolute atomic E-state index is 0.117. The second-order valence-corrected chi connectivity index (χ2v) is 6.80. The van der Waals surface area contributed by atoms with Crippen molar-refractivity contribution in [2.45, 2.75) is 43.3 Å². The van der Waals surface area contributed by atoms with Gasteiger partial charge in [-0.25, -0.2) is 4.98 Å². The summed E-state index contributed by atoms with van der Waals surface area (Å²) >= 11 is 7.49. The van der Waals surface area contributed by atoms with Crippen LogP contribution in [0.3, 0.4) is 0 Å². The average molecular weight is 315 g/mol. The normalized spacial score (nSPS) is 18.0. The largest absolute Gasteiger partial charge is 0.480 e. The highest BCUT2D eigenvalue weighted by Gasteiger charge is 2.51. The summed E-state index contributed by atoms with van der Waals surface area (Å²) in [6, 6.07) is 3.66. The van der Waals surface area contributed by atoms with Crippen LogP contribution in [-0.2, 0) is 4.79 Å². The van der Waals surface area contributed by atoms with E-state index in [0.29, 0.717) is 15.8 Å². The lowest BCUT2D eigenvalue weighted by Crippen LogP contribution is -2.58. The Kier molecular flexibility index (Phi) is 4.94. The first-order valence-electron chi connectivity index (χ1n) is 6.70. The standard InChI is InChI=1S/C14H19ClN2O2S/c1-9(2)17-14(13(18)19,10-5-6-10)8-20-12-11(15)4-3-7-16-12/h3-4,7,9-10,17H,5-6,8H2,1-2H3,(H,18,19). The molecule has 20 heavy (non-hydrogen) atoms. The van der Waals surface area contributed by atoms with Gasteiger partial charge in [0.05, 0.1) is 5.02 Å². The predicted molar refractivity (Wildman–Crippen MR) is 81.3 cm³/mol. The van der Waals surface area contributed by atoms with Gasteiger partial charge in [-0.15, -0.1) is 11.8 Å². The molecule has 1 aliphatic carbocycles. The lowest BCUT2D eigenvalue weighted by Gasteiger charge is -2.32. The molecule has 2 rings (SSSR count). The van der Waals surface area contributed by atoms with Gasteiger partial charge >= 0.3 is 5.97 Å². The molecular weight excluding hydrogens is 296 g/mol. The molecule has 1 unspecified atom stereocenters. The van der Waals surface area contributed by atoms with Crippen LogP contribution in [0.2, 0.25) is 5.02 Å². The third-order valence-corrected chi connectivity index (χ3v) is 4.98. The van der Waals surface area contributed by atoms with E-state index in [0.717, 1.165) is 12.8 Å². The molecule has 0 aromatic carbocycles. The van der Waals surface area contributed by atoms with E-state index in [4.69, 9.17) is 11.6 Å². The number of thioether (sulfide) groups is 1. The molecule has 0 spiro atoms. The van der Waals surface area contributed by atoms with Crippen LogP contribution in [0.25, 0.3) is 0 Å². The van der Waals surface area contributed by atoms with Crippen LogP contribution in [0.4, 0.5) is 0 Å². The average Bonchev–Trinajstić information content (AvgIpc) is 3.20. The third kappa shape index (κ3) is 3.45. The highest BCUT2D eigenvalue weighted by molar-refractivity contribution is 7.99. The number of nitrogens with one attached hydrogen (secondary N) is 1. The quantitative estimate of drug-likeness (QED) is 0.757. The predicted octanol–water partition coefficient (Wildman–Crippen LogP) is 3.06. The summed E-state index contributed by atoms with van der Waals surface area (Å²) in [4.78, 5) is 16.0. The van der Waals surface area contributed by atoms with Gasteiger partial charge < -0.3 is 5.11 Å². The number of carbonyl (C=O) groups is 1. The maximum absolute atomic E-state index is 11.8. The van der Waals surface area contributed by atoms with Gasteiger partial charge in [-0.1, -0.05) is 11.6 Å². The minimum Gasteiger partial charge on any atom is -0.480 e. The summed E-state index contributed by atoms with van der Waals surface area (Å²) in [5.74, 6) is -0.160. The fourth-order valence-corrected chi connectivity index (χ4v) is 3.76. The molecule has 1 fully saturated rings. The van der Waals surface area contributed by atoms with E-state index in [1.165, 1.54) is 11.8 Å². The maximum atomic E-state index is 11.8. The van der Waals surface area contributed by atoms with Crippen molar-refractivity contribution in [2.24, 2.45) is 5.92 Å². The smallest absolute Gasteiger partial charge is 0.325 e. The van der Waals surface area contributed by atoms with Crippen molar-refractivity contribution in [3.05, 3.63) is 23.4 Å². The first-order valence-corrected chi connectivity index (χ1v) is 8.06. The molecule has 0 amide bonds. The molecule has 1 aromatic rings. The number of halogens is 1. The number of carboxylic acid groups (broad SMARTS) is 1. The Morgan fingerprint density at radius 2 is 2.35 bits per heavy atom. The Hall–Kier alpha value is -0.780.